The Morgan fingerprint density at radius 1 is 1.30 bits per heavy atom. The van der Waals surface area contributed by atoms with E-state index in [4.69, 9.17) is 0 Å². The number of hydrogen-bond acceptors (Lipinski definition) is 2. The number of rotatable bonds is 5. The molecular weight excluding hydrogens is 293 g/mol. The maximum atomic E-state index is 13.2. The van der Waals surface area contributed by atoms with Gasteiger partial charge in [0.1, 0.15) is 5.82 Å². The highest BCUT2D eigenvalue weighted by Gasteiger charge is 2.31. The zero-order chi connectivity index (χ0) is 16.2. The molecule has 5 heteroatoms. The maximum absolute atomic E-state index is 13.2. The van der Waals surface area contributed by atoms with E-state index in [0.29, 0.717) is 12.1 Å². The van der Waals surface area contributed by atoms with Crippen LogP contribution in [0.3, 0.4) is 0 Å². The molecule has 2 aliphatic rings. The number of amides is 2. The molecule has 0 bridgehead atoms. The van der Waals surface area contributed by atoms with E-state index in [1.54, 1.807) is 12.1 Å². The van der Waals surface area contributed by atoms with Gasteiger partial charge in [-0.3, -0.25) is 0 Å². The molecule has 4 nitrogen and oxygen atoms in total. The number of hydrogen-bond donors (Lipinski definition) is 1. The van der Waals surface area contributed by atoms with Crippen LogP contribution in [0.25, 0.3) is 0 Å². The summed E-state index contributed by atoms with van der Waals surface area (Å²) in [4.78, 5) is 16.2. The summed E-state index contributed by atoms with van der Waals surface area (Å²) in [6, 6.07) is 7.88. The van der Waals surface area contributed by atoms with Crippen LogP contribution in [0, 0.1) is 5.82 Å². The quantitative estimate of drug-likeness (QED) is 0.905. The summed E-state index contributed by atoms with van der Waals surface area (Å²) in [7, 11) is 0. The Labute approximate surface area is 137 Å². The van der Waals surface area contributed by atoms with Gasteiger partial charge in [-0.05, 0) is 50.3 Å². The fourth-order valence-electron chi connectivity index (χ4n) is 3.72. The number of halogens is 1. The first-order chi connectivity index (χ1) is 11.1. The molecule has 2 heterocycles. The normalized spacial score (nSPS) is 21.5. The molecule has 3 rings (SSSR count). The van der Waals surface area contributed by atoms with Crippen LogP contribution in [0.15, 0.2) is 24.3 Å². The standard InChI is InChI=1S/C18H26FN3O/c1-14(5-6-15-3-2-4-16(19)13-15)21-10-7-17(8-11-21)22-12-9-20-18(22)23/h2-4,13-14,17H,5-12H2,1H3,(H,20,23). The van der Waals surface area contributed by atoms with Gasteiger partial charge in [0.15, 0.2) is 0 Å². The monoisotopic (exact) mass is 319 g/mol. The minimum Gasteiger partial charge on any atom is -0.336 e. The summed E-state index contributed by atoms with van der Waals surface area (Å²) >= 11 is 0. The minimum absolute atomic E-state index is 0.0996. The lowest BCUT2D eigenvalue weighted by Gasteiger charge is -2.39. The van der Waals surface area contributed by atoms with Crippen molar-refractivity contribution < 1.29 is 9.18 Å². The lowest BCUT2D eigenvalue weighted by atomic mass is 9.99. The molecule has 1 aromatic rings. The molecule has 0 radical (unpaired) electrons. The molecule has 126 valence electrons. The lowest BCUT2D eigenvalue weighted by Crippen LogP contribution is -2.48. The predicted molar refractivity (Wildman–Crippen MR) is 88.9 cm³/mol. The van der Waals surface area contributed by atoms with Gasteiger partial charge >= 0.3 is 6.03 Å². The fraction of sp³-hybridized carbons (Fsp3) is 0.611. The largest absolute Gasteiger partial charge is 0.336 e. The highest BCUT2D eigenvalue weighted by atomic mass is 19.1. The van der Waals surface area contributed by atoms with Crippen LogP contribution in [0.1, 0.15) is 31.7 Å². The van der Waals surface area contributed by atoms with Crippen molar-refractivity contribution in [2.45, 2.75) is 44.7 Å². The second kappa shape index (κ2) is 7.30. The minimum atomic E-state index is -0.153. The Balaban J connectivity index is 1.44. The number of benzene rings is 1. The van der Waals surface area contributed by atoms with Crippen molar-refractivity contribution in [2.24, 2.45) is 0 Å². The summed E-state index contributed by atoms with van der Waals surface area (Å²) in [6.45, 7) is 5.96. The van der Waals surface area contributed by atoms with E-state index in [1.807, 2.05) is 11.0 Å². The van der Waals surface area contributed by atoms with Crippen LogP contribution < -0.4 is 5.32 Å². The van der Waals surface area contributed by atoms with E-state index >= 15 is 0 Å². The van der Waals surface area contributed by atoms with E-state index < -0.39 is 0 Å². The third kappa shape index (κ3) is 4.02. The van der Waals surface area contributed by atoms with Crippen molar-refractivity contribution in [1.82, 2.24) is 15.1 Å². The van der Waals surface area contributed by atoms with Gasteiger partial charge in [0.25, 0.3) is 0 Å². The number of carbonyl (C=O) groups is 1. The van der Waals surface area contributed by atoms with Gasteiger partial charge in [-0.2, -0.15) is 0 Å². The molecule has 0 saturated carbocycles. The number of aryl methyl sites for hydroxylation is 1. The average Bonchev–Trinajstić information content (AvgIpc) is 2.99. The Hall–Kier alpha value is -1.62. The first-order valence-electron chi connectivity index (χ1n) is 8.66. The number of carbonyl (C=O) groups excluding carboxylic acids is 1. The van der Waals surface area contributed by atoms with Crippen LogP contribution in [0.5, 0.6) is 0 Å². The molecular formula is C18H26FN3O. The Morgan fingerprint density at radius 3 is 2.74 bits per heavy atom. The summed E-state index contributed by atoms with van der Waals surface area (Å²) in [5, 5.41) is 2.89. The van der Waals surface area contributed by atoms with Crippen molar-refractivity contribution >= 4 is 6.03 Å². The van der Waals surface area contributed by atoms with Gasteiger partial charge in [0.2, 0.25) is 0 Å². The first kappa shape index (κ1) is 16.2. The lowest BCUT2D eigenvalue weighted by molar-refractivity contribution is 0.108. The van der Waals surface area contributed by atoms with Crippen molar-refractivity contribution in [1.29, 1.82) is 0 Å². The third-order valence-corrected chi connectivity index (χ3v) is 5.19. The highest BCUT2D eigenvalue weighted by Crippen LogP contribution is 2.21. The van der Waals surface area contributed by atoms with Crippen molar-refractivity contribution in [3.8, 4) is 0 Å². The van der Waals surface area contributed by atoms with E-state index in [1.165, 1.54) is 6.07 Å². The highest BCUT2D eigenvalue weighted by molar-refractivity contribution is 5.76. The SMILES string of the molecule is CC(CCc1cccc(F)c1)N1CCC(N2CCNC2=O)CC1. The van der Waals surface area contributed by atoms with Crippen molar-refractivity contribution in [2.75, 3.05) is 26.2 Å². The van der Waals surface area contributed by atoms with Crippen LogP contribution in [0.4, 0.5) is 9.18 Å². The number of nitrogens with zero attached hydrogens (tertiary/aromatic N) is 2. The van der Waals surface area contributed by atoms with Crippen LogP contribution in [-0.4, -0.2) is 54.1 Å². The van der Waals surface area contributed by atoms with Gasteiger partial charge < -0.3 is 15.1 Å². The van der Waals surface area contributed by atoms with Gasteiger partial charge in [0, 0.05) is 38.3 Å². The molecule has 2 amide bonds. The van der Waals surface area contributed by atoms with Crippen LogP contribution in [0.2, 0.25) is 0 Å². The fourth-order valence-corrected chi connectivity index (χ4v) is 3.72. The first-order valence-corrected chi connectivity index (χ1v) is 8.66. The number of urea groups is 1. The molecule has 0 aromatic heterocycles. The number of likely N-dealkylation sites (tertiary alicyclic amines) is 1. The molecule has 1 N–H and O–H groups in total. The van der Waals surface area contributed by atoms with E-state index in [9.17, 15) is 9.18 Å². The van der Waals surface area contributed by atoms with Crippen molar-refractivity contribution in [3.63, 3.8) is 0 Å². The van der Waals surface area contributed by atoms with Gasteiger partial charge in [-0.1, -0.05) is 12.1 Å². The summed E-state index contributed by atoms with van der Waals surface area (Å²) in [6.07, 6.45) is 4.06. The Kier molecular flexibility index (Phi) is 5.16. The Morgan fingerprint density at radius 2 is 2.09 bits per heavy atom. The summed E-state index contributed by atoms with van der Waals surface area (Å²) in [5.74, 6) is -0.153. The summed E-state index contributed by atoms with van der Waals surface area (Å²) < 4.78 is 13.2. The molecule has 23 heavy (non-hydrogen) atoms. The van der Waals surface area contributed by atoms with Crippen LogP contribution >= 0.6 is 0 Å². The maximum Gasteiger partial charge on any atom is 0.317 e. The van der Waals surface area contributed by atoms with E-state index in [2.05, 4.69) is 17.1 Å². The number of nitrogens with one attached hydrogen (secondary N) is 1. The molecule has 2 saturated heterocycles. The molecule has 0 spiro atoms. The molecule has 1 atom stereocenters. The van der Waals surface area contributed by atoms with Gasteiger partial charge in [-0.15, -0.1) is 0 Å². The Bertz CT molecular complexity index is 543. The zero-order valence-electron chi connectivity index (χ0n) is 13.8. The molecule has 1 unspecified atom stereocenters. The smallest absolute Gasteiger partial charge is 0.317 e. The average molecular weight is 319 g/mol. The van der Waals surface area contributed by atoms with E-state index in [0.717, 1.165) is 57.4 Å². The molecule has 0 aliphatic carbocycles. The van der Waals surface area contributed by atoms with Crippen molar-refractivity contribution in [3.05, 3.63) is 35.6 Å². The molecule has 1 aromatic carbocycles. The zero-order valence-corrected chi connectivity index (χ0v) is 13.8. The molecule has 2 aliphatic heterocycles. The molecule has 2 fully saturated rings. The second-order valence-electron chi connectivity index (χ2n) is 6.71. The van der Waals surface area contributed by atoms with Gasteiger partial charge in [-0.25, -0.2) is 9.18 Å². The second-order valence-corrected chi connectivity index (χ2v) is 6.71. The van der Waals surface area contributed by atoms with Crippen LogP contribution in [-0.2, 0) is 6.42 Å². The third-order valence-electron chi connectivity index (χ3n) is 5.19. The topological polar surface area (TPSA) is 35.6 Å². The van der Waals surface area contributed by atoms with Gasteiger partial charge in [0.05, 0.1) is 0 Å². The summed E-state index contributed by atoms with van der Waals surface area (Å²) in [5.41, 5.74) is 1.07. The predicted octanol–water partition coefficient (Wildman–Crippen LogP) is 2.64. The van der Waals surface area contributed by atoms with E-state index in [-0.39, 0.29) is 11.8 Å². The number of piperidine rings is 1.